The summed E-state index contributed by atoms with van der Waals surface area (Å²) in [7, 11) is 1.81. The van der Waals surface area contributed by atoms with E-state index in [2.05, 4.69) is 25.0 Å². The Morgan fingerprint density at radius 1 is 1.33 bits per heavy atom. The highest BCUT2D eigenvalue weighted by Crippen LogP contribution is 2.41. The number of piperidine rings is 1. The van der Waals surface area contributed by atoms with Crippen molar-refractivity contribution in [2.75, 3.05) is 26.2 Å². The first kappa shape index (κ1) is 16.7. The van der Waals surface area contributed by atoms with Crippen molar-refractivity contribution in [2.45, 2.75) is 33.1 Å². The standard InChI is InChI=1S/C18H26N4O2/c1-14(2)4-7-22-13-18(10-16(22)23)5-8-21(9-6-18)17(24)15-11-19-20(3)12-15/h4,11-12H,5-10,13H2,1-3H3. The molecule has 0 N–H and O–H groups in total. The molecule has 3 rings (SSSR count). The summed E-state index contributed by atoms with van der Waals surface area (Å²) in [6.45, 7) is 7.08. The predicted molar refractivity (Wildman–Crippen MR) is 91.4 cm³/mol. The number of likely N-dealkylation sites (tertiary alicyclic amines) is 2. The van der Waals surface area contributed by atoms with Gasteiger partial charge in [-0.3, -0.25) is 14.3 Å². The zero-order valence-corrected chi connectivity index (χ0v) is 14.8. The molecule has 1 aromatic heterocycles. The lowest BCUT2D eigenvalue weighted by Gasteiger charge is -2.38. The summed E-state index contributed by atoms with van der Waals surface area (Å²) in [6.07, 6.45) is 7.91. The summed E-state index contributed by atoms with van der Waals surface area (Å²) in [6, 6.07) is 0. The van der Waals surface area contributed by atoms with Gasteiger partial charge < -0.3 is 9.80 Å². The minimum Gasteiger partial charge on any atom is -0.339 e. The molecule has 0 radical (unpaired) electrons. The minimum atomic E-state index is 0.0451. The van der Waals surface area contributed by atoms with Gasteiger partial charge in [0.25, 0.3) is 5.91 Å². The molecule has 2 saturated heterocycles. The molecule has 0 atom stereocenters. The zero-order chi connectivity index (χ0) is 17.3. The first-order valence-corrected chi connectivity index (χ1v) is 8.58. The van der Waals surface area contributed by atoms with Crippen molar-refractivity contribution in [3.63, 3.8) is 0 Å². The Morgan fingerprint density at radius 2 is 2.04 bits per heavy atom. The van der Waals surface area contributed by atoms with Gasteiger partial charge >= 0.3 is 0 Å². The number of aromatic nitrogens is 2. The van der Waals surface area contributed by atoms with Gasteiger partial charge in [0.05, 0.1) is 11.8 Å². The van der Waals surface area contributed by atoms with Crippen LogP contribution >= 0.6 is 0 Å². The molecule has 0 saturated carbocycles. The Morgan fingerprint density at radius 3 is 2.62 bits per heavy atom. The van der Waals surface area contributed by atoms with E-state index in [-0.39, 0.29) is 17.2 Å². The second-order valence-corrected chi connectivity index (χ2v) is 7.43. The van der Waals surface area contributed by atoms with Gasteiger partial charge in [0.2, 0.25) is 5.91 Å². The van der Waals surface area contributed by atoms with E-state index in [9.17, 15) is 9.59 Å². The molecule has 3 heterocycles. The van der Waals surface area contributed by atoms with Gasteiger partial charge in [-0.1, -0.05) is 11.6 Å². The Hall–Kier alpha value is -2.11. The Kier molecular flexibility index (Phi) is 4.47. The van der Waals surface area contributed by atoms with E-state index in [1.54, 1.807) is 17.1 Å². The lowest BCUT2D eigenvalue weighted by molar-refractivity contribution is -0.127. The van der Waals surface area contributed by atoms with Gasteiger partial charge in [0.1, 0.15) is 0 Å². The van der Waals surface area contributed by atoms with E-state index < -0.39 is 0 Å². The molecule has 24 heavy (non-hydrogen) atoms. The van der Waals surface area contributed by atoms with E-state index in [0.717, 1.165) is 32.5 Å². The normalized spacial score (nSPS) is 19.9. The van der Waals surface area contributed by atoms with Crippen LogP contribution in [0.25, 0.3) is 0 Å². The quantitative estimate of drug-likeness (QED) is 0.795. The van der Waals surface area contributed by atoms with Crippen molar-refractivity contribution in [3.8, 4) is 0 Å². The van der Waals surface area contributed by atoms with Crippen molar-refractivity contribution < 1.29 is 9.59 Å². The predicted octanol–water partition coefficient (Wildman–Crippen LogP) is 1.84. The second-order valence-electron chi connectivity index (χ2n) is 7.43. The maximum absolute atomic E-state index is 12.5. The molecule has 1 aromatic rings. The van der Waals surface area contributed by atoms with Crippen LogP contribution in [0.5, 0.6) is 0 Å². The molecular formula is C18H26N4O2. The first-order valence-electron chi connectivity index (χ1n) is 8.58. The average molecular weight is 330 g/mol. The molecule has 2 amide bonds. The minimum absolute atomic E-state index is 0.0451. The first-order chi connectivity index (χ1) is 11.4. The summed E-state index contributed by atoms with van der Waals surface area (Å²) in [4.78, 5) is 28.7. The highest BCUT2D eigenvalue weighted by Gasteiger charge is 2.45. The monoisotopic (exact) mass is 330 g/mol. The number of aryl methyl sites for hydroxylation is 1. The highest BCUT2D eigenvalue weighted by atomic mass is 16.2. The summed E-state index contributed by atoms with van der Waals surface area (Å²) in [5.74, 6) is 0.295. The SMILES string of the molecule is CC(C)=CCN1CC2(CCN(C(=O)c3cnn(C)c3)CC2)CC1=O. The molecule has 130 valence electrons. The van der Waals surface area contributed by atoms with E-state index in [4.69, 9.17) is 0 Å². The molecule has 0 aromatic carbocycles. The number of hydrogen-bond acceptors (Lipinski definition) is 3. The summed E-state index contributed by atoms with van der Waals surface area (Å²) in [5, 5.41) is 4.07. The molecule has 2 aliphatic heterocycles. The number of nitrogens with zero attached hydrogens (tertiary/aromatic N) is 4. The summed E-state index contributed by atoms with van der Waals surface area (Å²) in [5.41, 5.74) is 1.93. The summed E-state index contributed by atoms with van der Waals surface area (Å²) < 4.78 is 1.65. The van der Waals surface area contributed by atoms with Gasteiger partial charge in [-0.25, -0.2) is 0 Å². The van der Waals surface area contributed by atoms with Crippen molar-refractivity contribution in [2.24, 2.45) is 12.5 Å². The smallest absolute Gasteiger partial charge is 0.257 e. The molecule has 0 bridgehead atoms. The van der Waals surface area contributed by atoms with E-state index in [1.807, 2.05) is 16.8 Å². The van der Waals surface area contributed by atoms with Crippen LogP contribution in [0, 0.1) is 5.41 Å². The van der Waals surface area contributed by atoms with Crippen LogP contribution in [0.2, 0.25) is 0 Å². The van der Waals surface area contributed by atoms with Crippen LogP contribution in [-0.2, 0) is 11.8 Å². The molecule has 0 aliphatic carbocycles. The van der Waals surface area contributed by atoms with Crippen molar-refractivity contribution in [1.29, 1.82) is 0 Å². The Labute approximate surface area is 143 Å². The maximum atomic E-state index is 12.5. The van der Waals surface area contributed by atoms with Gasteiger partial charge in [-0.05, 0) is 26.7 Å². The molecule has 2 aliphatic rings. The fraction of sp³-hybridized carbons (Fsp3) is 0.611. The molecule has 0 unspecified atom stereocenters. The average Bonchev–Trinajstić information content (AvgIpc) is 3.09. The number of hydrogen-bond donors (Lipinski definition) is 0. The van der Waals surface area contributed by atoms with E-state index in [1.165, 1.54) is 5.57 Å². The highest BCUT2D eigenvalue weighted by molar-refractivity contribution is 5.93. The van der Waals surface area contributed by atoms with Crippen LogP contribution < -0.4 is 0 Å². The third-order valence-corrected chi connectivity index (χ3v) is 5.19. The number of amides is 2. The third kappa shape index (κ3) is 3.37. The third-order valence-electron chi connectivity index (χ3n) is 5.19. The maximum Gasteiger partial charge on any atom is 0.257 e. The largest absolute Gasteiger partial charge is 0.339 e. The molecule has 1 spiro atoms. The number of carbonyl (C=O) groups is 2. The lowest BCUT2D eigenvalue weighted by atomic mass is 9.77. The molecular weight excluding hydrogens is 304 g/mol. The molecule has 2 fully saturated rings. The fourth-order valence-electron chi connectivity index (χ4n) is 3.67. The van der Waals surface area contributed by atoms with Gasteiger partial charge in [0, 0.05) is 51.3 Å². The Bertz CT molecular complexity index is 664. The van der Waals surface area contributed by atoms with Crippen LogP contribution in [0.15, 0.2) is 24.0 Å². The zero-order valence-electron chi connectivity index (χ0n) is 14.8. The van der Waals surface area contributed by atoms with E-state index >= 15 is 0 Å². The number of carbonyl (C=O) groups excluding carboxylic acids is 2. The Balaban J connectivity index is 1.59. The van der Waals surface area contributed by atoms with Crippen LogP contribution in [0.1, 0.15) is 43.5 Å². The van der Waals surface area contributed by atoms with E-state index in [0.29, 0.717) is 18.5 Å². The van der Waals surface area contributed by atoms with Crippen LogP contribution in [0.4, 0.5) is 0 Å². The van der Waals surface area contributed by atoms with Gasteiger partial charge in [0.15, 0.2) is 0 Å². The van der Waals surface area contributed by atoms with Gasteiger partial charge in [-0.2, -0.15) is 5.10 Å². The van der Waals surface area contributed by atoms with Crippen molar-refractivity contribution in [1.82, 2.24) is 19.6 Å². The topological polar surface area (TPSA) is 58.4 Å². The molecule has 6 heteroatoms. The second kappa shape index (κ2) is 6.42. The number of rotatable bonds is 3. The van der Waals surface area contributed by atoms with Crippen LogP contribution in [-0.4, -0.2) is 57.6 Å². The van der Waals surface area contributed by atoms with Crippen molar-refractivity contribution in [3.05, 3.63) is 29.6 Å². The fourth-order valence-corrected chi connectivity index (χ4v) is 3.67. The van der Waals surface area contributed by atoms with Gasteiger partial charge in [-0.15, -0.1) is 0 Å². The van der Waals surface area contributed by atoms with Crippen molar-refractivity contribution >= 4 is 11.8 Å². The summed E-state index contributed by atoms with van der Waals surface area (Å²) >= 11 is 0. The lowest BCUT2D eigenvalue weighted by Crippen LogP contribution is -2.44. The molecule has 6 nitrogen and oxygen atoms in total. The van der Waals surface area contributed by atoms with Crippen LogP contribution in [0.3, 0.4) is 0 Å². The number of allylic oxidation sites excluding steroid dienone is 1.